The maximum Gasteiger partial charge on any atom is 0.123 e. The van der Waals surface area contributed by atoms with Crippen LogP contribution in [0.25, 0.3) is 16.9 Å². The van der Waals surface area contributed by atoms with E-state index in [9.17, 15) is 4.39 Å². The van der Waals surface area contributed by atoms with E-state index in [-0.39, 0.29) is 6.61 Å². The number of anilines is 1. The number of hydrogen-bond acceptors (Lipinski definition) is 4. The number of alkyl halides is 1. The third-order valence-corrected chi connectivity index (χ3v) is 3.62. The standard InChI is InChI=1S/C18H19FN4O/c1-22(2)15-5-3-14(4-6-15)18-13-23(21-20-18)16-7-9-17(10-8-16)24-12-11-19/h3-10,13H,11-12H2,1-2H3/i19-1. The molecule has 2 aromatic carbocycles. The highest BCUT2D eigenvalue weighted by Crippen LogP contribution is 2.22. The summed E-state index contributed by atoms with van der Waals surface area (Å²) in [5.74, 6) is 0.635. The summed E-state index contributed by atoms with van der Waals surface area (Å²) in [5, 5.41) is 8.40. The summed E-state index contributed by atoms with van der Waals surface area (Å²) in [6.45, 7) is -0.434. The van der Waals surface area contributed by atoms with Crippen molar-refractivity contribution in [1.82, 2.24) is 15.0 Å². The van der Waals surface area contributed by atoms with Gasteiger partial charge in [0, 0.05) is 25.3 Å². The number of nitrogens with zero attached hydrogens (tertiary/aromatic N) is 4. The second kappa shape index (κ2) is 7.12. The molecule has 24 heavy (non-hydrogen) atoms. The summed E-state index contributed by atoms with van der Waals surface area (Å²) in [6, 6.07) is 15.4. The summed E-state index contributed by atoms with van der Waals surface area (Å²) in [5.41, 5.74) is 3.81. The molecule has 5 nitrogen and oxygen atoms in total. The van der Waals surface area contributed by atoms with Crippen molar-refractivity contribution < 1.29 is 9.13 Å². The van der Waals surface area contributed by atoms with Gasteiger partial charge >= 0.3 is 0 Å². The first kappa shape index (κ1) is 16.0. The molecule has 0 saturated carbocycles. The van der Waals surface area contributed by atoms with Gasteiger partial charge in [0.15, 0.2) is 0 Å². The van der Waals surface area contributed by atoms with Crippen LogP contribution in [0.1, 0.15) is 0 Å². The van der Waals surface area contributed by atoms with Gasteiger partial charge in [0.25, 0.3) is 0 Å². The van der Waals surface area contributed by atoms with Crippen LogP contribution in [0.2, 0.25) is 0 Å². The van der Waals surface area contributed by atoms with Gasteiger partial charge in [-0.25, -0.2) is 9.07 Å². The molecule has 3 aromatic rings. The Morgan fingerprint density at radius 3 is 2.38 bits per heavy atom. The first-order valence-electron chi connectivity index (χ1n) is 7.66. The van der Waals surface area contributed by atoms with Gasteiger partial charge in [0.2, 0.25) is 0 Å². The molecule has 0 unspecified atom stereocenters. The van der Waals surface area contributed by atoms with Crippen LogP contribution in [-0.2, 0) is 0 Å². The zero-order valence-corrected chi connectivity index (χ0v) is 13.7. The average molecular weight is 325 g/mol. The minimum atomic E-state index is -0.499. The molecular formula is C18H19FN4O. The molecule has 0 aliphatic carbocycles. The molecule has 0 saturated heterocycles. The molecule has 0 N–H and O–H groups in total. The Kier molecular flexibility index (Phi) is 4.74. The largest absolute Gasteiger partial charge is 0.491 e. The predicted octanol–water partition coefficient (Wildman–Crippen LogP) is 3.35. The van der Waals surface area contributed by atoms with Crippen LogP contribution in [-0.4, -0.2) is 42.4 Å². The minimum Gasteiger partial charge on any atom is -0.491 e. The third kappa shape index (κ3) is 3.53. The molecule has 0 fully saturated rings. The molecule has 0 radical (unpaired) electrons. The lowest BCUT2D eigenvalue weighted by Gasteiger charge is -2.11. The maximum absolute atomic E-state index is 12.1. The van der Waals surface area contributed by atoms with E-state index in [1.165, 1.54) is 0 Å². The van der Waals surface area contributed by atoms with Crippen LogP contribution < -0.4 is 9.64 Å². The van der Waals surface area contributed by atoms with Crippen molar-refractivity contribution in [3.8, 4) is 22.7 Å². The molecule has 6 heteroatoms. The number of aromatic nitrogens is 3. The number of ether oxygens (including phenoxy) is 1. The molecular weight excluding hydrogens is 306 g/mol. The Bertz CT molecular complexity index is 782. The fourth-order valence-electron chi connectivity index (χ4n) is 2.30. The number of halogens is 1. The molecule has 0 spiro atoms. The number of hydrogen-bond donors (Lipinski definition) is 0. The van der Waals surface area contributed by atoms with E-state index in [1.807, 2.05) is 61.6 Å². The Hall–Kier alpha value is -2.89. The zero-order chi connectivity index (χ0) is 16.9. The Morgan fingerprint density at radius 1 is 1.04 bits per heavy atom. The molecule has 124 valence electrons. The monoisotopic (exact) mass is 325 g/mol. The normalized spacial score (nSPS) is 10.6. The van der Waals surface area contributed by atoms with Crippen molar-refractivity contribution in [1.29, 1.82) is 0 Å². The first-order chi connectivity index (χ1) is 11.7. The van der Waals surface area contributed by atoms with Gasteiger partial charge < -0.3 is 9.64 Å². The molecule has 0 bridgehead atoms. The van der Waals surface area contributed by atoms with Crippen molar-refractivity contribution in [2.45, 2.75) is 0 Å². The van der Waals surface area contributed by atoms with Crippen LogP contribution in [0.15, 0.2) is 54.7 Å². The third-order valence-electron chi connectivity index (χ3n) is 3.62. The van der Waals surface area contributed by atoms with Gasteiger partial charge in [-0.3, -0.25) is 0 Å². The predicted molar refractivity (Wildman–Crippen MR) is 92.6 cm³/mol. The fraction of sp³-hybridized carbons (Fsp3) is 0.222. The lowest BCUT2D eigenvalue weighted by atomic mass is 10.1. The van der Waals surface area contributed by atoms with Crippen molar-refractivity contribution >= 4 is 5.69 Å². The van der Waals surface area contributed by atoms with Crippen molar-refractivity contribution in [3.05, 3.63) is 54.7 Å². The summed E-state index contributed by atoms with van der Waals surface area (Å²) < 4.78 is 19.0. The van der Waals surface area contributed by atoms with Crippen LogP contribution in [0.5, 0.6) is 5.75 Å². The van der Waals surface area contributed by atoms with E-state index in [4.69, 9.17) is 4.74 Å². The van der Waals surface area contributed by atoms with E-state index >= 15 is 0 Å². The van der Waals surface area contributed by atoms with Gasteiger partial charge in [0.05, 0.1) is 11.9 Å². The molecule has 1 heterocycles. The van der Waals surface area contributed by atoms with Gasteiger partial charge in [-0.2, -0.15) is 0 Å². The van der Waals surface area contributed by atoms with Crippen molar-refractivity contribution in [3.63, 3.8) is 0 Å². The quantitative estimate of drug-likeness (QED) is 0.697. The Labute approximate surface area is 140 Å². The van der Waals surface area contributed by atoms with Gasteiger partial charge in [-0.15, -0.1) is 5.10 Å². The molecule has 0 aliphatic heterocycles. The fourth-order valence-corrected chi connectivity index (χ4v) is 2.30. The van der Waals surface area contributed by atoms with Crippen LogP contribution in [0, 0.1) is 0 Å². The molecule has 3 rings (SSSR count). The van der Waals surface area contributed by atoms with Crippen LogP contribution >= 0.6 is 0 Å². The van der Waals surface area contributed by atoms with Crippen molar-refractivity contribution in [2.75, 3.05) is 32.3 Å². The Morgan fingerprint density at radius 2 is 1.75 bits per heavy atom. The molecule has 0 amide bonds. The van der Waals surface area contributed by atoms with E-state index < -0.39 is 6.67 Å². The van der Waals surface area contributed by atoms with Gasteiger partial charge in [-0.1, -0.05) is 17.3 Å². The highest BCUT2D eigenvalue weighted by molar-refractivity contribution is 5.62. The summed E-state index contributed by atoms with van der Waals surface area (Å²) in [7, 11) is 4.01. The van der Waals surface area contributed by atoms with E-state index in [0.29, 0.717) is 5.75 Å². The summed E-state index contributed by atoms with van der Waals surface area (Å²) in [6.07, 6.45) is 1.88. The molecule has 0 aliphatic rings. The smallest absolute Gasteiger partial charge is 0.123 e. The first-order valence-corrected chi connectivity index (χ1v) is 7.66. The minimum absolute atomic E-state index is 0.0652. The Balaban J connectivity index is 1.77. The number of rotatable bonds is 6. The summed E-state index contributed by atoms with van der Waals surface area (Å²) in [4.78, 5) is 2.05. The topological polar surface area (TPSA) is 43.2 Å². The van der Waals surface area contributed by atoms with Crippen LogP contribution in [0.4, 0.5) is 10.1 Å². The van der Waals surface area contributed by atoms with Crippen molar-refractivity contribution in [2.24, 2.45) is 0 Å². The average Bonchev–Trinajstić information content (AvgIpc) is 3.10. The zero-order valence-electron chi connectivity index (χ0n) is 13.7. The maximum atomic E-state index is 12.1. The summed E-state index contributed by atoms with van der Waals surface area (Å²) >= 11 is 0. The second-order valence-corrected chi connectivity index (χ2v) is 5.52. The van der Waals surface area contributed by atoms with E-state index in [0.717, 1.165) is 22.6 Å². The highest BCUT2D eigenvalue weighted by atomic mass is 18.2. The van der Waals surface area contributed by atoms with E-state index in [2.05, 4.69) is 10.3 Å². The molecule has 0 atom stereocenters. The highest BCUT2D eigenvalue weighted by Gasteiger charge is 2.06. The lowest BCUT2D eigenvalue weighted by molar-refractivity contribution is 0.273. The number of benzene rings is 2. The molecule has 1 aromatic heterocycles. The second-order valence-electron chi connectivity index (χ2n) is 5.52. The van der Waals surface area contributed by atoms with Crippen LogP contribution in [0.3, 0.4) is 0 Å². The lowest BCUT2D eigenvalue weighted by Crippen LogP contribution is -2.07. The SMILES string of the molecule is CN(C)c1ccc(-c2cn(-c3ccc(OCC[18F])cc3)nn2)cc1. The van der Waals surface area contributed by atoms with Gasteiger partial charge in [-0.05, 0) is 36.4 Å². The van der Waals surface area contributed by atoms with Gasteiger partial charge in [0.1, 0.15) is 24.7 Å². The van der Waals surface area contributed by atoms with E-state index in [1.54, 1.807) is 16.8 Å².